The van der Waals surface area contributed by atoms with Crippen LogP contribution in [0.5, 0.6) is 5.75 Å². The van der Waals surface area contributed by atoms with Crippen LogP contribution in [0.4, 0.5) is 4.39 Å². The van der Waals surface area contributed by atoms with E-state index in [0.29, 0.717) is 42.7 Å². The molecule has 1 saturated heterocycles. The van der Waals surface area contributed by atoms with Crippen molar-refractivity contribution >= 4 is 22.7 Å². The number of nitrogens with zero attached hydrogens (tertiary/aromatic N) is 3. The van der Waals surface area contributed by atoms with Crippen LogP contribution in [0.3, 0.4) is 0 Å². The van der Waals surface area contributed by atoms with E-state index in [2.05, 4.69) is 20.5 Å². The van der Waals surface area contributed by atoms with Crippen molar-refractivity contribution in [2.75, 3.05) is 13.7 Å². The van der Waals surface area contributed by atoms with Crippen LogP contribution in [0.1, 0.15) is 35.2 Å². The van der Waals surface area contributed by atoms with Crippen LogP contribution in [0.15, 0.2) is 60.9 Å². The van der Waals surface area contributed by atoms with Crippen molar-refractivity contribution < 1.29 is 18.7 Å². The Morgan fingerprint density at radius 1 is 1.16 bits per heavy atom. The molecule has 1 aliphatic heterocycles. The molecule has 2 atom stereocenters. The van der Waals surface area contributed by atoms with Gasteiger partial charge in [0.05, 0.1) is 18.7 Å². The summed E-state index contributed by atoms with van der Waals surface area (Å²) in [5.74, 6) is -0.662. The fraction of sp³-hybridized carbons (Fsp3) is 0.286. The molecular weight excluding hydrogens is 487 g/mol. The molecule has 5 rings (SSSR count). The number of primary amides is 1. The van der Waals surface area contributed by atoms with Crippen LogP contribution >= 0.6 is 0 Å². The molecule has 0 bridgehead atoms. The Hall–Kier alpha value is -4.31. The number of carbonyl (C=O) groups excluding carboxylic acids is 2. The molecule has 3 heterocycles. The Balaban J connectivity index is 1.31. The standard InChI is InChI=1S/C28H29FN6O3/c1-38-25-4-2-3-22(29)21(25)16-35-14-11-19(6-8-24(35)27(30)36)32-28(37)18-5-7-23-20(15-18)26(34-33-23)17-9-12-31-13-10-17/h2-5,7,9-10,12-13,15,19,24H,6,8,11,14,16H2,1H3,(H2,30,36)(H,32,37)(H,33,34). The smallest absolute Gasteiger partial charge is 0.251 e. The molecule has 2 amide bonds. The van der Waals surface area contributed by atoms with E-state index in [1.54, 1.807) is 30.6 Å². The molecule has 0 saturated carbocycles. The fourth-order valence-corrected chi connectivity index (χ4v) is 5.06. The number of aromatic amines is 1. The maximum atomic E-state index is 14.6. The zero-order valence-electron chi connectivity index (χ0n) is 21.0. The van der Waals surface area contributed by atoms with Gasteiger partial charge in [-0.3, -0.25) is 24.6 Å². The molecule has 0 radical (unpaired) electrons. The van der Waals surface area contributed by atoms with Gasteiger partial charge in [-0.05, 0) is 61.7 Å². The summed E-state index contributed by atoms with van der Waals surface area (Å²) in [5.41, 5.74) is 9.09. The molecule has 1 fully saturated rings. The number of hydrogen-bond donors (Lipinski definition) is 3. The number of aromatic nitrogens is 3. The van der Waals surface area contributed by atoms with E-state index in [1.165, 1.54) is 13.2 Å². The molecule has 2 aromatic heterocycles. The number of likely N-dealkylation sites (tertiary alicyclic amines) is 1. The van der Waals surface area contributed by atoms with Crippen molar-refractivity contribution in [3.63, 3.8) is 0 Å². The van der Waals surface area contributed by atoms with Gasteiger partial charge in [0.15, 0.2) is 0 Å². The highest BCUT2D eigenvalue weighted by atomic mass is 19.1. The quantitative estimate of drug-likeness (QED) is 0.346. The Labute approximate surface area is 219 Å². The summed E-state index contributed by atoms with van der Waals surface area (Å²) in [4.78, 5) is 31.5. The lowest BCUT2D eigenvalue weighted by Gasteiger charge is -2.28. The third-order valence-electron chi connectivity index (χ3n) is 7.09. The number of amides is 2. The van der Waals surface area contributed by atoms with E-state index in [0.717, 1.165) is 22.2 Å². The summed E-state index contributed by atoms with van der Waals surface area (Å²) >= 11 is 0. The molecule has 38 heavy (non-hydrogen) atoms. The second-order valence-corrected chi connectivity index (χ2v) is 9.41. The number of ether oxygens (including phenoxy) is 1. The van der Waals surface area contributed by atoms with Crippen molar-refractivity contribution in [2.45, 2.75) is 37.9 Å². The van der Waals surface area contributed by atoms with Crippen LogP contribution in [0.25, 0.3) is 22.2 Å². The van der Waals surface area contributed by atoms with Crippen LogP contribution < -0.4 is 15.8 Å². The summed E-state index contributed by atoms with van der Waals surface area (Å²) < 4.78 is 19.9. The first-order chi connectivity index (χ1) is 18.4. The average molecular weight is 517 g/mol. The van der Waals surface area contributed by atoms with Gasteiger partial charge in [0.1, 0.15) is 17.3 Å². The Morgan fingerprint density at radius 3 is 2.74 bits per heavy atom. The minimum Gasteiger partial charge on any atom is -0.496 e. The molecule has 2 aromatic carbocycles. The van der Waals surface area contributed by atoms with Crippen molar-refractivity contribution in [1.29, 1.82) is 0 Å². The van der Waals surface area contributed by atoms with Gasteiger partial charge >= 0.3 is 0 Å². The SMILES string of the molecule is COc1cccc(F)c1CN1CCC(NC(=O)c2ccc3[nH]nc(-c4ccncc4)c3c2)CCC1C(N)=O. The number of benzene rings is 2. The molecular formula is C28H29FN6O3. The fourth-order valence-electron chi connectivity index (χ4n) is 5.06. The van der Waals surface area contributed by atoms with E-state index in [-0.39, 0.29) is 18.5 Å². The number of H-pyrrole nitrogens is 1. The lowest BCUT2D eigenvalue weighted by molar-refractivity contribution is -0.123. The highest BCUT2D eigenvalue weighted by Gasteiger charge is 2.31. The highest BCUT2D eigenvalue weighted by Crippen LogP contribution is 2.28. The average Bonchev–Trinajstić information content (AvgIpc) is 3.25. The maximum absolute atomic E-state index is 14.6. The number of nitrogens with two attached hydrogens (primary N) is 1. The number of rotatable bonds is 7. The zero-order chi connectivity index (χ0) is 26.6. The number of pyridine rings is 1. The summed E-state index contributed by atoms with van der Waals surface area (Å²) in [7, 11) is 1.48. The van der Waals surface area contributed by atoms with Crippen molar-refractivity contribution in [2.24, 2.45) is 5.73 Å². The number of nitrogens with one attached hydrogen (secondary N) is 2. The third-order valence-corrected chi connectivity index (χ3v) is 7.09. The monoisotopic (exact) mass is 516 g/mol. The van der Waals surface area contributed by atoms with Crippen LogP contribution in [-0.4, -0.2) is 57.6 Å². The lowest BCUT2D eigenvalue weighted by Crippen LogP contribution is -2.44. The van der Waals surface area contributed by atoms with Gasteiger partial charge in [-0.15, -0.1) is 0 Å². The summed E-state index contributed by atoms with van der Waals surface area (Å²) in [6.45, 7) is 0.641. The molecule has 196 valence electrons. The van der Waals surface area contributed by atoms with Crippen molar-refractivity contribution in [1.82, 2.24) is 25.4 Å². The molecule has 0 aliphatic carbocycles. The highest BCUT2D eigenvalue weighted by molar-refractivity contribution is 6.01. The largest absolute Gasteiger partial charge is 0.496 e. The van der Waals surface area contributed by atoms with Gasteiger partial charge in [0.25, 0.3) is 5.91 Å². The molecule has 4 aromatic rings. The van der Waals surface area contributed by atoms with Gasteiger partial charge in [0, 0.05) is 53.6 Å². The van der Waals surface area contributed by atoms with Gasteiger partial charge < -0.3 is 15.8 Å². The van der Waals surface area contributed by atoms with Gasteiger partial charge in [-0.1, -0.05) is 6.07 Å². The second-order valence-electron chi connectivity index (χ2n) is 9.41. The Morgan fingerprint density at radius 2 is 1.97 bits per heavy atom. The lowest BCUT2D eigenvalue weighted by atomic mass is 10.0. The van der Waals surface area contributed by atoms with E-state index >= 15 is 0 Å². The Bertz CT molecular complexity index is 1460. The van der Waals surface area contributed by atoms with E-state index in [1.807, 2.05) is 29.2 Å². The maximum Gasteiger partial charge on any atom is 0.251 e. The number of halogens is 1. The molecule has 1 aliphatic rings. The number of carbonyl (C=O) groups is 2. The molecule has 4 N–H and O–H groups in total. The molecule has 9 nitrogen and oxygen atoms in total. The van der Waals surface area contributed by atoms with Gasteiger partial charge in [0.2, 0.25) is 5.91 Å². The van der Waals surface area contributed by atoms with Crippen molar-refractivity contribution in [3.05, 3.63) is 77.9 Å². The topological polar surface area (TPSA) is 126 Å². The molecule has 10 heteroatoms. The number of fused-ring (bicyclic) bond motifs is 1. The van der Waals surface area contributed by atoms with Crippen LogP contribution in [0.2, 0.25) is 0 Å². The first kappa shape index (κ1) is 25.3. The van der Waals surface area contributed by atoms with E-state index in [4.69, 9.17) is 10.5 Å². The van der Waals surface area contributed by atoms with Gasteiger partial charge in [-0.25, -0.2) is 4.39 Å². The second kappa shape index (κ2) is 11.0. The first-order valence-electron chi connectivity index (χ1n) is 12.5. The Kier molecular flexibility index (Phi) is 7.32. The van der Waals surface area contributed by atoms with Crippen molar-refractivity contribution in [3.8, 4) is 17.0 Å². The minimum atomic E-state index is -0.577. The molecule has 0 spiro atoms. The normalized spacial score (nSPS) is 18.2. The predicted octanol–water partition coefficient (Wildman–Crippen LogP) is 3.41. The minimum absolute atomic E-state index is 0.170. The van der Waals surface area contributed by atoms with Crippen LogP contribution in [-0.2, 0) is 11.3 Å². The van der Waals surface area contributed by atoms with Gasteiger partial charge in [-0.2, -0.15) is 5.10 Å². The zero-order valence-corrected chi connectivity index (χ0v) is 21.0. The number of methoxy groups -OCH3 is 1. The first-order valence-corrected chi connectivity index (χ1v) is 12.5. The molecule has 2 unspecified atom stereocenters. The van der Waals surface area contributed by atoms with Crippen LogP contribution in [0, 0.1) is 5.82 Å². The number of hydrogen-bond acceptors (Lipinski definition) is 6. The van der Waals surface area contributed by atoms with E-state index < -0.39 is 17.8 Å². The summed E-state index contributed by atoms with van der Waals surface area (Å²) in [6.07, 6.45) is 5.00. The van der Waals surface area contributed by atoms with E-state index in [9.17, 15) is 14.0 Å². The summed E-state index contributed by atoms with van der Waals surface area (Å²) in [5, 5.41) is 11.4. The summed E-state index contributed by atoms with van der Waals surface area (Å²) in [6, 6.07) is 13.0. The third kappa shape index (κ3) is 5.21. The predicted molar refractivity (Wildman–Crippen MR) is 141 cm³/mol.